The molecule has 0 bridgehead atoms. The predicted molar refractivity (Wildman–Crippen MR) is 129 cm³/mol. The summed E-state index contributed by atoms with van der Waals surface area (Å²) in [6, 6.07) is 20.2. The van der Waals surface area contributed by atoms with Crippen molar-refractivity contribution in [3.8, 4) is 0 Å². The van der Waals surface area contributed by atoms with Crippen LogP contribution < -0.4 is 21.6 Å². The number of halogens is 1. The number of hydrogen-bond donors (Lipinski definition) is 2. The van der Waals surface area contributed by atoms with Crippen LogP contribution in [0.5, 0.6) is 0 Å². The molecule has 2 N–H and O–H groups in total. The molecule has 0 amide bonds. The summed E-state index contributed by atoms with van der Waals surface area (Å²) in [7, 11) is -2.84. The summed E-state index contributed by atoms with van der Waals surface area (Å²) in [5.41, 5.74) is -1.89. The van der Waals surface area contributed by atoms with Gasteiger partial charge in [-0.3, -0.25) is 14.3 Å². The van der Waals surface area contributed by atoms with Crippen LogP contribution in [0.15, 0.2) is 76.4 Å². The first kappa shape index (κ1) is 24.3. The molecule has 0 spiro atoms. The topological polar surface area (TPSA) is 93.5 Å². The van der Waals surface area contributed by atoms with Crippen molar-refractivity contribution in [1.82, 2.24) is 9.55 Å². The third kappa shape index (κ3) is 4.44. The minimum atomic E-state index is -2.84. The van der Waals surface area contributed by atoms with Gasteiger partial charge in [0.1, 0.15) is 12.3 Å². The number of aromatic nitrogens is 2. The monoisotopic (exact) mass is 484 g/mol. The van der Waals surface area contributed by atoms with E-state index in [-0.39, 0.29) is 18.1 Å². The SMILES string of the molecule is CC(C)(C)[Si](OCC1OC(n2cc(F)c(=O)[nH]c2=O)CC1O)(c1ccccc1)c1ccccc1. The maximum atomic E-state index is 13.8. The van der Waals surface area contributed by atoms with E-state index in [4.69, 9.17) is 9.16 Å². The van der Waals surface area contributed by atoms with Crippen molar-refractivity contribution in [1.29, 1.82) is 0 Å². The van der Waals surface area contributed by atoms with Crippen LogP contribution >= 0.6 is 0 Å². The molecule has 3 aromatic rings. The maximum Gasteiger partial charge on any atom is 0.330 e. The van der Waals surface area contributed by atoms with E-state index in [1.807, 2.05) is 41.4 Å². The Morgan fingerprint density at radius 2 is 1.65 bits per heavy atom. The molecule has 0 saturated carbocycles. The number of hydrogen-bond acceptors (Lipinski definition) is 5. The van der Waals surface area contributed by atoms with Crippen molar-refractivity contribution in [3.63, 3.8) is 0 Å². The molecule has 2 heterocycles. The second-order valence-corrected chi connectivity index (χ2v) is 13.9. The Kier molecular flexibility index (Phi) is 6.72. The fourth-order valence-electron chi connectivity index (χ4n) is 4.68. The van der Waals surface area contributed by atoms with Crippen LogP contribution in [0, 0.1) is 5.82 Å². The molecule has 180 valence electrons. The van der Waals surface area contributed by atoms with Gasteiger partial charge >= 0.3 is 5.69 Å². The van der Waals surface area contributed by atoms with Crippen LogP contribution in [-0.2, 0) is 9.16 Å². The Morgan fingerprint density at radius 3 is 2.18 bits per heavy atom. The molecule has 1 saturated heterocycles. The van der Waals surface area contributed by atoms with Gasteiger partial charge in [0.05, 0.1) is 18.9 Å². The van der Waals surface area contributed by atoms with E-state index in [0.717, 1.165) is 21.1 Å². The predicted octanol–water partition coefficient (Wildman–Crippen LogP) is 1.90. The molecule has 2 aromatic carbocycles. The van der Waals surface area contributed by atoms with Gasteiger partial charge in [0.25, 0.3) is 13.9 Å². The third-order valence-corrected chi connectivity index (χ3v) is 11.3. The zero-order valence-corrected chi connectivity index (χ0v) is 20.4. The lowest BCUT2D eigenvalue weighted by molar-refractivity contribution is -0.0429. The van der Waals surface area contributed by atoms with E-state index in [1.54, 1.807) is 0 Å². The molecule has 34 heavy (non-hydrogen) atoms. The van der Waals surface area contributed by atoms with Gasteiger partial charge in [-0.1, -0.05) is 81.4 Å². The van der Waals surface area contributed by atoms with E-state index in [9.17, 15) is 19.1 Å². The van der Waals surface area contributed by atoms with Crippen molar-refractivity contribution in [3.05, 3.63) is 93.5 Å². The zero-order valence-electron chi connectivity index (χ0n) is 19.4. The van der Waals surface area contributed by atoms with E-state index < -0.39 is 43.8 Å². The Morgan fingerprint density at radius 1 is 1.09 bits per heavy atom. The number of H-pyrrole nitrogens is 1. The molecule has 1 aliphatic heterocycles. The standard InChI is InChI=1S/C25H29FN2O5Si/c1-25(2,3)34(17-10-6-4-7-11-17,18-12-8-5-9-13-18)32-16-21-20(29)14-22(33-21)28-15-19(26)23(30)27-24(28)31/h4-13,15,20-22,29H,14,16H2,1-3H3,(H,27,30,31). The maximum absolute atomic E-state index is 13.8. The molecule has 7 nitrogen and oxygen atoms in total. The van der Waals surface area contributed by atoms with Gasteiger partial charge < -0.3 is 14.3 Å². The van der Waals surface area contributed by atoms with Crippen LogP contribution in [0.1, 0.15) is 33.4 Å². The van der Waals surface area contributed by atoms with Gasteiger partial charge in [0.15, 0.2) is 0 Å². The fourth-order valence-corrected chi connectivity index (χ4v) is 9.25. The Labute approximate surface area is 197 Å². The first-order valence-electron chi connectivity index (χ1n) is 11.2. The minimum absolute atomic E-state index is 0.0696. The number of aliphatic hydroxyl groups is 1. The molecule has 0 aliphatic carbocycles. The molecule has 0 radical (unpaired) electrons. The number of aliphatic hydroxyl groups excluding tert-OH is 1. The molecule has 3 unspecified atom stereocenters. The van der Waals surface area contributed by atoms with Crippen molar-refractivity contribution in [2.45, 2.75) is 50.7 Å². The number of ether oxygens (including phenoxy) is 1. The molecule has 4 rings (SSSR count). The third-order valence-electron chi connectivity index (χ3n) is 6.32. The van der Waals surface area contributed by atoms with Crippen LogP contribution in [0.4, 0.5) is 4.39 Å². The molecular weight excluding hydrogens is 455 g/mol. The van der Waals surface area contributed by atoms with E-state index in [1.165, 1.54) is 0 Å². The summed E-state index contributed by atoms with van der Waals surface area (Å²) in [6.45, 7) is 6.54. The van der Waals surface area contributed by atoms with Gasteiger partial charge in [-0.25, -0.2) is 4.79 Å². The molecule has 1 aromatic heterocycles. The second-order valence-electron chi connectivity index (χ2n) is 9.55. The van der Waals surface area contributed by atoms with Gasteiger partial charge in [0, 0.05) is 6.42 Å². The highest BCUT2D eigenvalue weighted by Crippen LogP contribution is 2.38. The highest BCUT2D eigenvalue weighted by atomic mass is 28.4. The molecule has 3 atom stereocenters. The summed E-state index contributed by atoms with van der Waals surface area (Å²) in [5, 5.41) is 12.6. The second kappa shape index (κ2) is 9.42. The summed E-state index contributed by atoms with van der Waals surface area (Å²) >= 11 is 0. The highest BCUT2D eigenvalue weighted by Gasteiger charge is 2.51. The smallest absolute Gasteiger partial charge is 0.330 e. The summed E-state index contributed by atoms with van der Waals surface area (Å²) in [6.07, 6.45) is -1.69. The lowest BCUT2D eigenvalue weighted by Crippen LogP contribution is -2.67. The Balaban J connectivity index is 1.66. The van der Waals surface area contributed by atoms with E-state index in [2.05, 4.69) is 45.0 Å². The summed E-state index contributed by atoms with van der Waals surface area (Å²) in [5.74, 6) is -1.09. The number of rotatable bonds is 6. The summed E-state index contributed by atoms with van der Waals surface area (Å²) in [4.78, 5) is 25.5. The first-order valence-corrected chi connectivity index (χ1v) is 13.1. The lowest BCUT2D eigenvalue weighted by Gasteiger charge is -2.43. The average Bonchev–Trinajstić information content (AvgIpc) is 3.17. The van der Waals surface area contributed by atoms with Crippen molar-refractivity contribution >= 4 is 18.7 Å². The highest BCUT2D eigenvalue weighted by molar-refractivity contribution is 6.99. The van der Waals surface area contributed by atoms with Crippen LogP contribution in [0.2, 0.25) is 5.04 Å². The Bertz CT molecular complexity index is 1200. The van der Waals surface area contributed by atoms with Gasteiger partial charge in [0.2, 0.25) is 5.82 Å². The van der Waals surface area contributed by atoms with Crippen molar-refractivity contribution < 1.29 is 18.7 Å². The minimum Gasteiger partial charge on any atom is -0.405 e. The van der Waals surface area contributed by atoms with Crippen LogP contribution in [0.25, 0.3) is 0 Å². The van der Waals surface area contributed by atoms with Crippen LogP contribution in [0.3, 0.4) is 0 Å². The quantitative estimate of drug-likeness (QED) is 0.522. The molecule has 1 fully saturated rings. The molecule has 9 heteroatoms. The summed E-state index contributed by atoms with van der Waals surface area (Å²) < 4.78 is 27.5. The molecular formula is C25H29FN2O5Si. The first-order chi connectivity index (χ1) is 16.1. The van der Waals surface area contributed by atoms with E-state index in [0.29, 0.717) is 0 Å². The van der Waals surface area contributed by atoms with Gasteiger partial charge in [-0.05, 0) is 15.4 Å². The lowest BCUT2D eigenvalue weighted by atomic mass is 10.2. The average molecular weight is 485 g/mol. The van der Waals surface area contributed by atoms with Crippen molar-refractivity contribution in [2.75, 3.05) is 6.61 Å². The fraction of sp³-hybridized carbons (Fsp3) is 0.360. The largest absolute Gasteiger partial charge is 0.405 e. The van der Waals surface area contributed by atoms with Gasteiger partial charge in [-0.2, -0.15) is 4.39 Å². The normalized spacial score (nSPS) is 21.0. The number of benzene rings is 2. The van der Waals surface area contributed by atoms with E-state index >= 15 is 0 Å². The van der Waals surface area contributed by atoms with Crippen molar-refractivity contribution in [2.24, 2.45) is 0 Å². The number of nitrogens with zero attached hydrogens (tertiary/aromatic N) is 1. The van der Waals surface area contributed by atoms with Gasteiger partial charge in [-0.15, -0.1) is 0 Å². The number of nitrogens with one attached hydrogen (secondary N) is 1. The molecule has 1 aliphatic rings. The van der Waals surface area contributed by atoms with Crippen LogP contribution in [-0.4, -0.2) is 41.8 Å². The zero-order chi connectivity index (χ0) is 24.5. The number of aromatic amines is 1. The Hall–Kier alpha value is -2.85.